The SMILES string of the molecule is CCc1ccc(Oc2ccc(S(N)(=O)=O)cc2Br)cc1. The number of hydrogen-bond donors (Lipinski definition) is 1. The molecule has 6 heteroatoms. The Balaban J connectivity index is 2.25. The minimum atomic E-state index is -3.71. The van der Waals surface area contributed by atoms with Gasteiger partial charge in [0.15, 0.2) is 0 Å². The Hall–Kier alpha value is -1.37. The Morgan fingerprint density at radius 2 is 1.80 bits per heavy atom. The summed E-state index contributed by atoms with van der Waals surface area (Å²) < 4.78 is 28.7. The Bertz CT molecular complexity index is 712. The molecule has 0 aromatic heterocycles. The first-order valence-electron chi connectivity index (χ1n) is 5.99. The molecule has 0 heterocycles. The minimum Gasteiger partial charge on any atom is -0.456 e. The van der Waals surface area contributed by atoms with E-state index in [2.05, 4.69) is 22.9 Å². The van der Waals surface area contributed by atoms with Crippen LogP contribution >= 0.6 is 15.9 Å². The molecule has 4 nitrogen and oxygen atoms in total. The first-order valence-corrected chi connectivity index (χ1v) is 8.33. The summed E-state index contributed by atoms with van der Waals surface area (Å²) in [5, 5.41) is 5.07. The fourth-order valence-corrected chi connectivity index (χ4v) is 2.81. The van der Waals surface area contributed by atoms with E-state index in [1.54, 1.807) is 6.07 Å². The molecule has 0 aliphatic heterocycles. The fourth-order valence-electron chi connectivity index (χ4n) is 1.66. The third-order valence-corrected chi connectivity index (χ3v) is 4.32. The van der Waals surface area contributed by atoms with Crippen molar-refractivity contribution in [3.63, 3.8) is 0 Å². The average Bonchev–Trinajstić information content (AvgIpc) is 2.41. The third kappa shape index (κ3) is 3.59. The number of halogens is 1. The molecule has 0 aliphatic carbocycles. The van der Waals surface area contributed by atoms with E-state index in [1.807, 2.05) is 24.3 Å². The zero-order chi connectivity index (χ0) is 14.8. The van der Waals surface area contributed by atoms with E-state index in [0.717, 1.165) is 6.42 Å². The zero-order valence-corrected chi connectivity index (χ0v) is 13.2. The summed E-state index contributed by atoms with van der Waals surface area (Å²) in [6, 6.07) is 12.1. The largest absolute Gasteiger partial charge is 0.456 e. The van der Waals surface area contributed by atoms with Crippen LogP contribution in [0, 0.1) is 0 Å². The quantitative estimate of drug-likeness (QED) is 0.912. The predicted molar refractivity (Wildman–Crippen MR) is 81.4 cm³/mol. The van der Waals surface area contributed by atoms with Crippen LogP contribution in [0.15, 0.2) is 51.8 Å². The van der Waals surface area contributed by atoms with E-state index in [1.165, 1.54) is 17.7 Å². The van der Waals surface area contributed by atoms with Crippen molar-refractivity contribution in [1.82, 2.24) is 0 Å². The van der Waals surface area contributed by atoms with Crippen molar-refractivity contribution in [1.29, 1.82) is 0 Å². The molecular weight excluding hydrogens is 342 g/mol. The molecule has 2 N–H and O–H groups in total. The molecule has 0 saturated carbocycles. The molecule has 0 aliphatic rings. The van der Waals surface area contributed by atoms with Crippen LogP contribution < -0.4 is 9.88 Å². The lowest BCUT2D eigenvalue weighted by Crippen LogP contribution is -2.11. The number of benzene rings is 2. The van der Waals surface area contributed by atoms with Crippen molar-refractivity contribution in [2.45, 2.75) is 18.2 Å². The van der Waals surface area contributed by atoms with Gasteiger partial charge in [0.05, 0.1) is 9.37 Å². The highest BCUT2D eigenvalue weighted by atomic mass is 79.9. The standard InChI is InChI=1S/C14H14BrNO3S/c1-2-10-3-5-11(6-4-10)19-14-8-7-12(9-13(14)15)20(16,17)18/h3-9H,2H2,1H3,(H2,16,17,18). The number of hydrogen-bond acceptors (Lipinski definition) is 3. The first kappa shape index (κ1) is 15.0. The molecule has 0 amide bonds. The van der Waals surface area contributed by atoms with Crippen LogP contribution in [0.5, 0.6) is 11.5 Å². The van der Waals surface area contributed by atoms with Gasteiger partial charge in [-0.2, -0.15) is 0 Å². The van der Waals surface area contributed by atoms with Gasteiger partial charge in [0.2, 0.25) is 10.0 Å². The number of sulfonamides is 1. The molecule has 2 rings (SSSR count). The highest BCUT2D eigenvalue weighted by Gasteiger charge is 2.11. The lowest BCUT2D eigenvalue weighted by atomic mass is 10.2. The number of ether oxygens (including phenoxy) is 1. The maximum absolute atomic E-state index is 11.2. The molecular formula is C14H14BrNO3S. The number of primary sulfonamides is 1. The zero-order valence-electron chi connectivity index (χ0n) is 10.8. The summed E-state index contributed by atoms with van der Waals surface area (Å²) in [7, 11) is -3.71. The molecule has 0 atom stereocenters. The monoisotopic (exact) mass is 355 g/mol. The highest BCUT2D eigenvalue weighted by Crippen LogP contribution is 2.31. The summed E-state index contributed by atoms with van der Waals surface area (Å²) >= 11 is 3.28. The van der Waals surface area contributed by atoms with Gasteiger partial charge in [-0.15, -0.1) is 0 Å². The van der Waals surface area contributed by atoms with E-state index in [-0.39, 0.29) is 4.90 Å². The van der Waals surface area contributed by atoms with Crippen LogP contribution in [0.1, 0.15) is 12.5 Å². The normalized spacial score (nSPS) is 11.3. The molecule has 106 valence electrons. The number of rotatable bonds is 4. The fraction of sp³-hybridized carbons (Fsp3) is 0.143. The summed E-state index contributed by atoms with van der Waals surface area (Å²) in [5.74, 6) is 1.22. The summed E-state index contributed by atoms with van der Waals surface area (Å²) in [4.78, 5) is 0.0399. The van der Waals surface area contributed by atoms with Crippen LogP contribution in [0.2, 0.25) is 0 Å². The maximum Gasteiger partial charge on any atom is 0.238 e. The van der Waals surface area contributed by atoms with E-state index < -0.39 is 10.0 Å². The van der Waals surface area contributed by atoms with Crippen LogP contribution in [0.4, 0.5) is 0 Å². The molecule has 20 heavy (non-hydrogen) atoms. The topological polar surface area (TPSA) is 69.4 Å². The Morgan fingerprint density at radius 3 is 2.30 bits per heavy atom. The average molecular weight is 356 g/mol. The van der Waals surface area contributed by atoms with Crippen LogP contribution in [0.3, 0.4) is 0 Å². The van der Waals surface area contributed by atoms with Crippen molar-refractivity contribution in [2.75, 3.05) is 0 Å². The Morgan fingerprint density at radius 1 is 1.15 bits per heavy atom. The van der Waals surface area contributed by atoms with Gasteiger partial charge in [-0.05, 0) is 58.2 Å². The van der Waals surface area contributed by atoms with Crippen molar-refractivity contribution >= 4 is 26.0 Å². The van der Waals surface area contributed by atoms with Crippen molar-refractivity contribution < 1.29 is 13.2 Å². The molecule has 0 spiro atoms. The summed E-state index contributed by atoms with van der Waals surface area (Å²) in [6.07, 6.45) is 0.965. The Labute approximate surface area is 126 Å². The van der Waals surface area contributed by atoms with Crippen molar-refractivity contribution in [3.8, 4) is 11.5 Å². The predicted octanol–water partition coefficient (Wildman–Crippen LogP) is 3.45. The molecule has 0 radical (unpaired) electrons. The van der Waals surface area contributed by atoms with E-state index in [0.29, 0.717) is 16.0 Å². The van der Waals surface area contributed by atoms with Gasteiger partial charge in [-0.1, -0.05) is 19.1 Å². The summed E-state index contributed by atoms with van der Waals surface area (Å²) in [6.45, 7) is 2.08. The van der Waals surface area contributed by atoms with E-state index in [9.17, 15) is 8.42 Å². The van der Waals surface area contributed by atoms with Gasteiger partial charge in [-0.3, -0.25) is 0 Å². The van der Waals surface area contributed by atoms with Gasteiger partial charge >= 0.3 is 0 Å². The molecule has 2 aromatic carbocycles. The van der Waals surface area contributed by atoms with Gasteiger partial charge in [0, 0.05) is 0 Å². The second-order valence-corrected chi connectivity index (χ2v) is 6.65. The minimum absolute atomic E-state index is 0.0399. The van der Waals surface area contributed by atoms with Crippen molar-refractivity contribution in [3.05, 3.63) is 52.5 Å². The second kappa shape index (κ2) is 5.95. The second-order valence-electron chi connectivity index (χ2n) is 4.24. The van der Waals surface area contributed by atoms with Crippen LogP contribution in [-0.2, 0) is 16.4 Å². The van der Waals surface area contributed by atoms with Gasteiger partial charge in [0.25, 0.3) is 0 Å². The molecule has 0 bridgehead atoms. The number of nitrogens with two attached hydrogens (primary N) is 1. The lowest BCUT2D eigenvalue weighted by molar-refractivity contribution is 0.479. The van der Waals surface area contributed by atoms with Crippen molar-refractivity contribution in [2.24, 2.45) is 5.14 Å². The van der Waals surface area contributed by atoms with Gasteiger partial charge in [0.1, 0.15) is 11.5 Å². The van der Waals surface area contributed by atoms with E-state index >= 15 is 0 Å². The lowest BCUT2D eigenvalue weighted by Gasteiger charge is -2.09. The number of aryl methyl sites for hydroxylation is 1. The smallest absolute Gasteiger partial charge is 0.238 e. The Kier molecular flexibility index (Phi) is 4.47. The van der Waals surface area contributed by atoms with Crippen LogP contribution in [-0.4, -0.2) is 8.42 Å². The maximum atomic E-state index is 11.2. The van der Waals surface area contributed by atoms with Gasteiger partial charge in [-0.25, -0.2) is 13.6 Å². The molecule has 0 saturated heterocycles. The first-order chi connectivity index (χ1) is 9.40. The van der Waals surface area contributed by atoms with Gasteiger partial charge < -0.3 is 4.74 Å². The molecule has 0 fully saturated rings. The van der Waals surface area contributed by atoms with Crippen LogP contribution in [0.25, 0.3) is 0 Å². The summed E-state index contributed by atoms with van der Waals surface area (Å²) in [5.41, 5.74) is 1.22. The third-order valence-electron chi connectivity index (χ3n) is 2.79. The highest BCUT2D eigenvalue weighted by molar-refractivity contribution is 9.10. The van der Waals surface area contributed by atoms with E-state index in [4.69, 9.17) is 9.88 Å². The molecule has 2 aromatic rings. The molecule has 0 unspecified atom stereocenters.